The maximum Gasteiger partial charge on any atom is 0.407 e. The third-order valence-corrected chi connectivity index (χ3v) is 6.12. The highest BCUT2D eigenvalue weighted by atomic mass is 79.9. The molecular weight excluding hydrogens is 346 g/mol. The largest absolute Gasteiger partial charge is 0.490 e. The van der Waals surface area contributed by atoms with E-state index in [1.807, 2.05) is 18.2 Å². The minimum absolute atomic E-state index is 0.254. The van der Waals surface area contributed by atoms with E-state index in [-0.39, 0.29) is 11.5 Å². The molecule has 1 aliphatic heterocycles. The molecule has 0 unspecified atom stereocenters. The van der Waals surface area contributed by atoms with Crippen molar-refractivity contribution in [3.05, 3.63) is 28.2 Å². The number of carbonyl (C=O) groups is 1. The minimum Gasteiger partial charge on any atom is -0.490 e. The normalized spacial score (nSPS) is 23.7. The van der Waals surface area contributed by atoms with Gasteiger partial charge in [-0.05, 0) is 56.6 Å². The van der Waals surface area contributed by atoms with Gasteiger partial charge >= 0.3 is 6.09 Å². The van der Waals surface area contributed by atoms with Gasteiger partial charge in [-0.1, -0.05) is 22.0 Å². The smallest absolute Gasteiger partial charge is 0.407 e. The van der Waals surface area contributed by atoms with Crippen molar-refractivity contribution < 1.29 is 14.6 Å². The fourth-order valence-electron chi connectivity index (χ4n) is 3.78. The molecule has 1 amide bonds. The summed E-state index contributed by atoms with van der Waals surface area (Å²) in [5.41, 5.74) is 1.43. The summed E-state index contributed by atoms with van der Waals surface area (Å²) < 4.78 is 7.31. The average molecular weight is 368 g/mol. The van der Waals surface area contributed by atoms with Gasteiger partial charge < -0.3 is 14.7 Å². The first-order valence-electron chi connectivity index (χ1n) is 7.89. The molecule has 2 fully saturated rings. The number of halogens is 1. The lowest BCUT2D eigenvalue weighted by Crippen LogP contribution is -2.41. The molecule has 1 saturated carbocycles. The molecule has 1 atom stereocenters. The Morgan fingerprint density at radius 3 is 2.77 bits per heavy atom. The molecule has 1 N–H and O–H groups in total. The van der Waals surface area contributed by atoms with Crippen LogP contribution in [-0.2, 0) is 0 Å². The number of likely N-dealkylation sites (tertiary alicyclic amines) is 1. The van der Waals surface area contributed by atoms with E-state index in [4.69, 9.17) is 9.84 Å². The van der Waals surface area contributed by atoms with Crippen LogP contribution in [0.15, 0.2) is 22.7 Å². The van der Waals surface area contributed by atoms with Crippen molar-refractivity contribution in [2.24, 2.45) is 5.41 Å². The number of nitrogens with zero attached hydrogens (tertiary/aromatic N) is 1. The maximum absolute atomic E-state index is 11.0. The third-order valence-electron chi connectivity index (χ3n) is 5.26. The van der Waals surface area contributed by atoms with Crippen molar-refractivity contribution in [2.45, 2.75) is 45.1 Å². The lowest BCUT2D eigenvalue weighted by Gasteiger charge is -2.38. The monoisotopic (exact) mass is 367 g/mol. The summed E-state index contributed by atoms with van der Waals surface area (Å²) in [6.45, 7) is 3.39. The molecule has 1 saturated heterocycles. The van der Waals surface area contributed by atoms with Gasteiger partial charge in [0, 0.05) is 23.1 Å². The molecule has 22 heavy (non-hydrogen) atoms. The van der Waals surface area contributed by atoms with E-state index in [1.54, 1.807) is 0 Å². The van der Waals surface area contributed by atoms with Gasteiger partial charge in [0.1, 0.15) is 5.75 Å². The summed E-state index contributed by atoms with van der Waals surface area (Å²) in [6, 6.07) is 6.06. The summed E-state index contributed by atoms with van der Waals surface area (Å²) in [4.78, 5) is 12.6. The van der Waals surface area contributed by atoms with Crippen LogP contribution in [0.1, 0.15) is 37.7 Å². The van der Waals surface area contributed by atoms with Crippen LogP contribution in [0.4, 0.5) is 4.79 Å². The fraction of sp³-hybridized carbons (Fsp3) is 0.588. The van der Waals surface area contributed by atoms with Crippen LogP contribution in [0, 0.1) is 12.3 Å². The highest BCUT2D eigenvalue weighted by Crippen LogP contribution is 2.47. The van der Waals surface area contributed by atoms with Gasteiger partial charge in [-0.3, -0.25) is 0 Å². The van der Waals surface area contributed by atoms with Gasteiger partial charge in [-0.25, -0.2) is 4.79 Å². The van der Waals surface area contributed by atoms with E-state index in [0.29, 0.717) is 13.1 Å². The third kappa shape index (κ3) is 3.09. The predicted octanol–water partition coefficient (Wildman–Crippen LogP) is 4.45. The molecule has 0 bridgehead atoms. The molecule has 2 aliphatic rings. The van der Waals surface area contributed by atoms with Crippen molar-refractivity contribution in [1.82, 2.24) is 4.90 Å². The Balaban J connectivity index is 1.61. The van der Waals surface area contributed by atoms with Gasteiger partial charge in [0.15, 0.2) is 0 Å². The molecule has 1 aliphatic carbocycles. The highest BCUT2D eigenvalue weighted by molar-refractivity contribution is 9.10. The summed E-state index contributed by atoms with van der Waals surface area (Å²) in [6.07, 6.45) is 4.67. The summed E-state index contributed by atoms with van der Waals surface area (Å²) in [5, 5.41) is 9.07. The van der Waals surface area contributed by atoms with Crippen molar-refractivity contribution in [3.8, 4) is 5.75 Å². The Bertz CT molecular complexity index is 567. The number of rotatable bonds is 2. The molecule has 3 rings (SSSR count). The Hall–Kier alpha value is -1.23. The van der Waals surface area contributed by atoms with Crippen molar-refractivity contribution in [2.75, 3.05) is 13.1 Å². The van der Waals surface area contributed by atoms with Gasteiger partial charge in [-0.15, -0.1) is 0 Å². The second kappa shape index (κ2) is 6.11. The van der Waals surface area contributed by atoms with E-state index in [9.17, 15) is 4.79 Å². The average Bonchev–Trinajstić information content (AvgIpc) is 2.87. The molecule has 5 heteroatoms. The Kier molecular flexibility index (Phi) is 4.35. The number of carboxylic acid groups (broad SMARTS) is 1. The van der Waals surface area contributed by atoms with Crippen LogP contribution in [0.25, 0.3) is 0 Å². The predicted molar refractivity (Wildman–Crippen MR) is 88.4 cm³/mol. The van der Waals surface area contributed by atoms with Gasteiger partial charge in [0.05, 0.1) is 6.10 Å². The molecule has 1 aromatic rings. The Labute approximate surface area is 139 Å². The van der Waals surface area contributed by atoms with Gasteiger partial charge in [0.25, 0.3) is 0 Å². The molecule has 1 aromatic carbocycles. The molecule has 0 aromatic heterocycles. The standard InChI is InChI=1S/C17H22BrNO3/c1-12-14(18)3-2-4-15(12)22-13-5-6-17(11-13)7-9-19(10-8-17)16(20)21/h2-4,13H,5-11H2,1H3,(H,20,21)/t13-/m1/s1. The second-order valence-corrected chi connectivity index (χ2v) is 7.47. The minimum atomic E-state index is -0.787. The zero-order valence-electron chi connectivity index (χ0n) is 12.8. The molecule has 0 radical (unpaired) electrons. The number of hydrogen-bond donors (Lipinski definition) is 1. The van der Waals surface area contributed by atoms with Crippen LogP contribution >= 0.6 is 15.9 Å². The topological polar surface area (TPSA) is 49.8 Å². The first kappa shape index (κ1) is 15.7. The van der Waals surface area contributed by atoms with E-state index in [1.165, 1.54) is 4.90 Å². The number of ether oxygens (including phenoxy) is 1. The van der Waals surface area contributed by atoms with Crippen LogP contribution in [0.2, 0.25) is 0 Å². The maximum atomic E-state index is 11.0. The summed E-state index contributed by atoms with van der Waals surface area (Å²) in [5.74, 6) is 0.958. The SMILES string of the molecule is Cc1c(Br)cccc1O[C@@H]1CCC2(CCN(C(=O)O)CC2)C1. The number of amides is 1. The Morgan fingerprint density at radius 2 is 2.09 bits per heavy atom. The highest BCUT2D eigenvalue weighted by Gasteiger charge is 2.43. The zero-order valence-corrected chi connectivity index (χ0v) is 14.4. The van der Waals surface area contributed by atoms with Crippen LogP contribution in [0.3, 0.4) is 0 Å². The van der Waals surface area contributed by atoms with Crippen molar-refractivity contribution in [3.63, 3.8) is 0 Å². The van der Waals surface area contributed by atoms with E-state index >= 15 is 0 Å². The van der Waals surface area contributed by atoms with Gasteiger partial charge in [0.2, 0.25) is 0 Å². The number of benzene rings is 1. The molecule has 4 nitrogen and oxygen atoms in total. The van der Waals surface area contributed by atoms with Crippen LogP contribution < -0.4 is 4.74 Å². The zero-order chi connectivity index (χ0) is 15.7. The first-order chi connectivity index (χ1) is 10.5. The molecule has 1 heterocycles. The summed E-state index contributed by atoms with van der Waals surface area (Å²) in [7, 11) is 0. The van der Waals surface area contributed by atoms with E-state index in [0.717, 1.165) is 47.9 Å². The van der Waals surface area contributed by atoms with E-state index in [2.05, 4.69) is 22.9 Å². The number of hydrogen-bond acceptors (Lipinski definition) is 2. The summed E-state index contributed by atoms with van der Waals surface area (Å²) >= 11 is 3.54. The first-order valence-corrected chi connectivity index (χ1v) is 8.68. The molecular formula is C17H22BrNO3. The second-order valence-electron chi connectivity index (χ2n) is 6.62. The lowest BCUT2D eigenvalue weighted by molar-refractivity contribution is 0.0838. The lowest BCUT2D eigenvalue weighted by atomic mass is 9.77. The van der Waals surface area contributed by atoms with Crippen molar-refractivity contribution in [1.29, 1.82) is 0 Å². The number of piperidine rings is 1. The van der Waals surface area contributed by atoms with Crippen LogP contribution in [-0.4, -0.2) is 35.3 Å². The Morgan fingerprint density at radius 1 is 1.36 bits per heavy atom. The molecule has 120 valence electrons. The van der Waals surface area contributed by atoms with Crippen molar-refractivity contribution >= 4 is 22.0 Å². The van der Waals surface area contributed by atoms with E-state index < -0.39 is 6.09 Å². The fourth-order valence-corrected chi connectivity index (χ4v) is 4.12. The molecule has 1 spiro atoms. The van der Waals surface area contributed by atoms with Gasteiger partial charge in [-0.2, -0.15) is 0 Å². The quantitative estimate of drug-likeness (QED) is 0.839. The van der Waals surface area contributed by atoms with Crippen LogP contribution in [0.5, 0.6) is 5.75 Å².